The molecule has 5 rings (SSSR count). The van der Waals surface area contributed by atoms with Crippen LogP contribution in [0.3, 0.4) is 0 Å². The van der Waals surface area contributed by atoms with Crippen molar-refractivity contribution in [3.05, 3.63) is 117 Å². The van der Waals surface area contributed by atoms with E-state index in [-0.39, 0.29) is 27.9 Å². The third kappa shape index (κ3) is 5.56. The van der Waals surface area contributed by atoms with E-state index in [1.807, 2.05) is 61.5 Å². The van der Waals surface area contributed by atoms with Gasteiger partial charge in [-0.3, -0.25) is 14.5 Å². The molecule has 42 heavy (non-hydrogen) atoms. The van der Waals surface area contributed by atoms with Gasteiger partial charge in [0, 0.05) is 5.56 Å². The van der Waals surface area contributed by atoms with Crippen molar-refractivity contribution < 1.29 is 29.0 Å². The van der Waals surface area contributed by atoms with Crippen LogP contribution in [0.1, 0.15) is 56.1 Å². The molecule has 1 aromatic heterocycles. The van der Waals surface area contributed by atoms with Gasteiger partial charge in [-0.1, -0.05) is 71.5 Å². The molecular weight excluding hydrogens is 552 g/mol. The Labute approximate surface area is 247 Å². The van der Waals surface area contributed by atoms with Crippen LogP contribution in [0.15, 0.2) is 78.4 Å². The highest BCUT2D eigenvalue weighted by molar-refractivity contribution is 7.17. The monoisotopic (exact) mass is 582 g/mol. The lowest BCUT2D eigenvalue weighted by molar-refractivity contribution is -0.132. The minimum absolute atomic E-state index is 0.0598. The molecule has 0 spiro atoms. The molecule has 8 nitrogen and oxygen atoms in total. The molecular formula is C33H30N2O6S. The molecule has 1 fully saturated rings. The maximum absolute atomic E-state index is 13.6. The highest BCUT2D eigenvalue weighted by Crippen LogP contribution is 2.44. The quantitative estimate of drug-likeness (QED) is 0.110. The van der Waals surface area contributed by atoms with Crippen LogP contribution in [0, 0.1) is 20.8 Å². The summed E-state index contributed by atoms with van der Waals surface area (Å²) in [5, 5.41) is 11.8. The summed E-state index contributed by atoms with van der Waals surface area (Å²) in [5.41, 5.74) is 4.03. The number of esters is 1. The van der Waals surface area contributed by atoms with Crippen LogP contribution in [-0.2, 0) is 20.9 Å². The molecule has 0 radical (unpaired) electrons. The number of aliphatic hydroxyl groups is 1. The molecule has 0 aliphatic carbocycles. The Balaban J connectivity index is 1.57. The Morgan fingerprint density at radius 1 is 1.00 bits per heavy atom. The van der Waals surface area contributed by atoms with Gasteiger partial charge in [0.2, 0.25) is 0 Å². The number of rotatable bonds is 8. The van der Waals surface area contributed by atoms with Gasteiger partial charge in [-0.2, -0.15) is 0 Å². The van der Waals surface area contributed by atoms with Gasteiger partial charge in [0.05, 0.1) is 23.9 Å². The predicted octanol–water partition coefficient (Wildman–Crippen LogP) is 6.45. The highest BCUT2D eigenvalue weighted by Gasteiger charge is 2.48. The van der Waals surface area contributed by atoms with Crippen LogP contribution in [0.5, 0.6) is 5.75 Å². The summed E-state index contributed by atoms with van der Waals surface area (Å²) >= 11 is 0.977. The normalized spacial score (nSPS) is 16.1. The lowest BCUT2D eigenvalue weighted by Crippen LogP contribution is -2.29. The summed E-state index contributed by atoms with van der Waals surface area (Å²) in [7, 11) is 0. The number of thiazole rings is 1. The van der Waals surface area contributed by atoms with Gasteiger partial charge in [-0.25, -0.2) is 9.78 Å². The predicted molar refractivity (Wildman–Crippen MR) is 161 cm³/mol. The third-order valence-electron chi connectivity index (χ3n) is 6.99. The van der Waals surface area contributed by atoms with Gasteiger partial charge >= 0.3 is 11.9 Å². The average molecular weight is 583 g/mol. The van der Waals surface area contributed by atoms with Crippen LogP contribution in [0.4, 0.5) is 5.13 Å². The van der Waals surface area contributed by atoms with Crippen LogP contribution in [-0.4, -0.2) is 34.4 Å². The number of carbonyl (C=O) groups excluding carboxylic acids is 3. The summed E-state index contributed by atoms with van der Waals surface area (Å²) in [4.78, 5) is 45.6. The van der Waals surface area contributed by atoms with E-state index in [2.05, 4.69) is 4.98 Å². The number of hydrogen-bond acceptors (Lipinski definition) is 8. The number of aliphatic hydroxyl groups excluding tert-OH is 1. The van der Waals surface area contributed by atoms with Gasteiger partial charge in [-0.15, -0.1) is 0 Å². The van der Waals surface area contributed by atoms with Crippen molar-refractivity contribution in [1.29, 1.82) is 0 Å². The molecule has 1 saturated heterocycles. The Morgan fingerprint density at radius 2 is 1.71 bits per heavy atom. The van der Waals surface area contributed by atoms with Gasteiger partial charge in [0.1, 0.15) is 23.0 Å². The van der Waals surface area contributed by atoms with Crippen molar-refractivity contribution in [3.8, 4) is 5.75 Å². The van der Waals surface area contributed by atoms with Gasteiger partial charge in [0.25, 0.3) is 5.78 Å². The van der Waals surface area contributed by atoms with E-state index in [4.69, 9.17) is 9.47 Å². The van der Waals surface area contributed by atoms with E-state index >= 15 is 0 Å². The van der Waals surface area contributed by atoms with Crippen molar-refractivity contribution in [3.63, 3.8) is 0 Å². The third-order valence-corrected chi connectivity index (χ3v) is 8.13. The number of benzene rings is 3. The Bertz CT molecular complexity index is 1690. The number of amides is 1. The first-order valence-corrected chi connectivity index (χ1v) is 14.3. The van der Waals surface area contributed by atoms with Gasteiger partial charge in [0.15, 0.2) is 5.13 Å². The SMILES string of the molecule is CCOC(=O)c1sc(N2C(=O)C(=O)C(=C(O)c3ccc(OCc4ccccc4)cc3C)[C@H]2c2ccc(C)cc2)nc1C. The second kappa shape index (κ2) is 12.0. The van der Waals surface area contributed by atoms with Crippen molar-refractivity contribution in [1.82, 2.24) is 4.98 Å². The molecule has 2 heterocycles. The van der Waals surface area contributed by atoms with E-state index in [1.54, 1.807) is 39.0 Å². The second-order valence-electron chi connectivity index (χ2n) is 9.96. The zero-order chi connectivity index (χ0) is 30.0. The van der Waals surface area contributed by atoms with Crippen LogP contribution in [0.25, 0.3) is 5.76 Å². The maximum Gasteiger partial charge on any atom is 0.350 e. The number of ketones is 1. The number of nitrogens with zero attached hydrogens (tertiary/aromatic N) is 2. The average Bonchev–Trinajstić information content (AvgIpc) is 3.49. The first-order chi connectivity index (χ1) is 20.2. The first-order valence-electron chi connectivity index (χ1n) is 13.5. The van der Waals surface area contributed by atoms with E-state index in [0.29, 0.717) is 34.7 Å². The maximum atomic E-state index is 13.6. The lowest BCUT2D eigenvalue weighted by atomic mass is 9.93. The molecule has 1 atom stereocenters. The van der Waals surface area contributed by atoms with Gasteiger partial charge < -0.3 is 14.6 Å². The number of aromatic nitrogens is 1. The summed E-state index contributed by atoms with van der Waals surface area (Å²) in [5.74, 6) is -1.92. The molecule has 0 unspecified atom stereocenters. The second-order valence-corrected chi connectivity index (χ2v) is 10.9. The first kappa shape index (κ1) is 28.8. The van der Waals surface area contributed by atoms with E-state index in [1.165, 1.54) is 4.90 Å². The summed E-state index contributed by atoms with van der Waals surface area (Å²) in [6, 6.07) is 21.3. The lowest BCUT2D eigenvalue weighted by Gasteiger charge is -2.23. The molecule has 9 heteroatoms. The zero-order valence-electron chi connectivity index (χ0n) is 23.7. The Hall–Kier alpha value is -4.76. The van der Waals surface area contributed by atoms with Crippen molar-refractivity contribution in [2.24, 2.45) is 0 Å². The molecule has 1 amide bonds. The smallest absolute Gasteiger partial charge is 0.350 e. The van der Waals surface area contributed by atoms with Crippen LogP contribution >= 0.6 is 11.3 Å². The molecule has 0 bridgehead atoms. The number of anilines is 1. The molecule has 4 aromatic rings. The Morgan fingerprint density at radius 3 is 2.38 bits per heavy atom. The molecule has 1 aliphatic rings. The standard InChI is InChI=1S/C33H30N2O6S/c1-5-40-32(39)30-21(4)34-33(42-30)35-27(23-13-11-19(2)12-14-23)26(29(37)31(35)38)28(36)25-16-15-24(17-20(25)3)41-18-22-9-7-6-8-10-22/h6-17,27,36H,5,18H2,1-4H3/t27-/m1/s1. The fraction of sp³-hybridized carbons (Fsp3) is 0.212. The van der Waals surface area contributed by atoms with Crippen molar-refractivity contribution in [2.75, 3.05) is 11.5 Å². The molecule has 0 saturated carbocycles. The fourth-order valence-electron chi connectivity index (χ4n) is 4.84. The zero-order valence-corrected chi connectivity index (χ0v) is 24.5. The van der Waals surface area contributed by atoms with Crippen LogP contribution < -0.4 is 9.64 Å². The van der Waals surface area contributed by atoms with E-state index in [9.17, 15) is 19.5 Å². The number of aryl methyl sites for hydroxylation is 3. The minimum atomic E-state index is -0.959. The molecule has 1 aliphatic heterocycles. The number of carbonyl (C=O) groups is 3. The Kier molecular flexibility index (Phi) is 8.22. The number of hydrogen-bond donors (Lipinski definition) is 1. The summed E-state index contributed by atoms with van der Waals surface area (Å²) in [6.07, 6.45) is 0. The topological polar surface area (TPSA) is 106 Å². The minimum Gasteiger partial charge on any atom is -0.507 e. The van der Waals surface area contributed by atoms with Crippen molar-refractivity contribution in [2.45, 2.75) is 40.3 Å². The van der Waals surface area contributed by atoms with Gasteiger partial charge in [-0.05, 0) is 62.6 Å². The molecule has 3 aromatic carbocycles. The molecule has 214 valence electrons. The molecule has 1 N–H and O–H groups in total. The largest absolute Gasteiger partial charge is 0.507 e. The highest BCUT2D eigenvalue weighted by atomic mass is 32.1. The summed E-state index contributed by atoms with van der Waals surface area (Å²) in [6.45, 7) is 7.65. The number of Topliss-reactive ketones (excluding diaryl/α,β-unsaturated/α-hetero) is 1. The van der Waals surface area contributed by atoms with Crippen molar-refractivity contribution >= 4 is 39.9 Å². The summed E-state index contributed by atoms with van der Waals surface area (Å²) < 4.78 is 11.1. The van der Waals surface area contributed by atoms with E-state index in [0.717, 1.165) is 22.5 Å². The van der Waals surface area contributed by atoms with Crippen LogP contribution in [0.2, 0.25) is 0 Å². The fourth-order valence-corrected chi connectivity index (χ4v) is 5.83. The number of ether oxygens (including phenoxy) is 2. The van der Waals surface area contributed by atoms with E-state index < -0.39 is 23.7 Å².